The molecular formula is C13H10F4O5S2. The molecule has 0 saturated heterocycles. The Kier molecular flexibility index (Phi) is 4.63. The molecular weight excluding hydrogens is 376 g/mol. The first-order chi connectivity index (χ1) is 10.9. The smallest absolute Gasteiger partial charge is 0.282 e. The van der Waals surface area contributed by atoms with Gasteiger partial charge in [0, 0.05) is 6.07 Å². The van der Waals surface area contributed by atoms with E-state index in [-0.39, 0.29) is 12.5 Å². The van der Waals surface area contributed by atoms with Crippen LogP contribution in [0.5, 0.6) is 0 Å². The maximum Gasteiger partial charge on any atom is 0.295 e. The molecule has 2 rings (SSSR count). The predicted octanol–water partition coefficient (Wildman–Crippen LogP) is 2.71. The molecule has 0 radical (unpaired) electrons. The zero-order valence-electron chi connectivity index (χ0n) is 11.9. The molecule has 0 saturated carbocycles. The monoisotopic (exact) mass is 386 g/mol. The Balaban J connectivity index is 2.83. The lowest BCUT2D eigenvalue weighted by Crippen LogP contribution is -2.20. The molecule has 0 amide bonds. The van der Waals surface area contributed by atoms with Crippen LogP contribution in [0.3, 0.4) is 0 Å². The first-order valence-corrected chi connectivity index (χ1v) is 9.27. The summed E-state index contributed by atoms with van der Waals surface area (Å²) in [6.45, 7) is 1.46. The van der Waals surface area contributed by atoms with Crippen molar-refractivity contribution < 1.29 is 39.0 Å². The average Bonchev–Trinajstić information content (AvgIpc) is 2.44. The van der Waals surface area contributed by atoms with Crippen LogP contribution in [0.4, 0.5) is 17.6 Å². The summed E-state index contributed by atoms with van der Waals surface area (Å²) < 4.78 is 111. The van der Waals surface area contributed by atoms with Crippen LogP contribution >= 0.6 is 0 Å². The van der Waals surface area contributed by atoms with E-state index in [1.807, 2.05) is 0 Å². The number of sulfone groups is 1. The van der Waals surface area contributed by atoms with Gasteiger partial charge in [0.1, 0.15) is 9.80 Å². The lowest BCUT2D eigenvalue weighted by molar-refractivity contribution is 0.420. The van der Waals surface area contributed by atoms with Crippen LogP contribution in [0.25, 0.3) is 0 Å². The Morgan fingerprint density at radius 2 is 1.50 bits per heavy atom. The van der Waals surface area contributed by atoms with Crippen molar-refractivity contribution >= 4 is 20.0 Å². The van der Waals surface area contributed by atoms with Crippen molar-refractivity contribution in [2.24, 2.45) is 5.92 Å². The van der Waals surface area contributed by atoms with Crippen LogP contribution in [0.2, 0.25) is 0 Å². The Morgan fingerprint density at radius 3 is 1.96 bits per heavy atom. The van der Waals surface area contributed by atoms with Crippen molar-refractivity contribution in [3.63, 3.8) is 0 Å². The molecule has 0 aliphatic heterocycles. The molecule has 0 bridgehead atoms. The van der Waals surface area contributed by atoms with Crippen LogP contribution in [-0.2, 0) is 20.0 Å². The van der Waals surface area contributed by atoms with E-state index in [9.17, 15) is 34.4 Å². The highest BCUT2D eigenvalue weighted by Crippen LogP contribution is 2.36. The molecule has 0 spiro atoms. The largest absolute Gasteiger partial charge is 0.295 e. The van der Waals surface area contributed by atoms with E-state index < -0.39 is 63.8 Å². The number of halogens is 4. The maximum absolute atomic E-state index is 13.8. The SMILES string of the molecule is CC1C=C(S(=O)(=O)c2c(F)c(F)cc(F)c2F)C(S(=O)(=O)O)=CC1. The van der Waals surface area contributed by atoms with Crippen LogP contribution in [0.1, 0.15) is 13.3 Å². The molecule has 1 aromatic rings. The Morgan fingerprint density at radius 1 is 1.00 bits per heavy atom. The highest BCUT2D eigenvalue weighted by atomic mass is 32.2. The molecule has 0 heterocycles. The van der Waals surface area contributed by atoms with E-state index in [4.69, 9.17) is 4.55 Å². The third-order valence-electron chi connectivity index (χ3n) is 3.26. The van der Waals surface area contributed by atoms with Gasteiger partial charge in [-0.3, -0.25) is 4.55 Å². The predicted molar refractivity (Wildman–Crippen MR) is 75.0 cm³/mol. The number of rotatable bonds is 3. The zero-order valence-corrected chi connectivity index (χ0v) is 13.6. The van der Waals surface area contributed by atoms with Gasteiger partial charge in [-0.15, -0.1) is 0 Å². The summed E-state index contributed by atoms with van der Waals surface area (Å²) >= 11 is 0. The molecule has 11 heteroatoms. The summed E-state index contributed by atoms with van der Waals surface area (Å²) in [5.41, 5.74) is 0. The summed E-state index contributed by atoms with van der Waals surface area (Å²) in [4.78, 5) is -4.22. The second kappa shape index (κ2) is 5.97. The lowest BCUT2D eigenvalue weighted by atomic mass is 10.0. The zero-order chi connectivity index (χ0) is 18.4. The lowest BCUT2D eigenvalue weighted by Gasteiger charge is -2.18. The Hall–Kier alpha value is -1.72. The summed E-state index contributed by atoms with van der Waals surface area (Å²) in [7, 11) is -10.4. The Labute approximate surface area is 135 Å². The van der Waals surface area contributed by atoms with Gasteiger partial charge in [0.25, 0.3) is 10.1 Å². The minimum atomic E-state index is -5.31. The van der Waals surface area contributed by atoms with Gasteiger partial charge in [-0.2, -0.15) is 8.42 Å². The average molecular weight is 386 g/mol. The fraction of sp³-hybridized carbons (Fsp3) is 0.231. The van der Waals surface area contributed by atoms with E-state index in [2.05, 4.69) is 0 Å². The van der Waals surface area contributed by atoms with E-state index >= 15 is 0 Å². The van der Waals surface area contributed by atoms with Gasteiger partial charge in [0.2, 0.25) is 9.84 Å². The van der Waals surface area contributed by atoms with Crippen LogP contribution in [0.15, 0.2) is 32.9 Å². The third-order valence-corrected chi connectivity index (χ3v) is 6.16. The van der Waals surface area contributed by atoms with Gasteiger partial charge in [-0.05, 0) is 12.3 Å². The molecule has 24 heavy (non-hydrogen) atoms. The highest BCUT2D eigenvalue weighted by Gasteiger charge is 2.38. The summed E-state index contributed by atoms with van der Waals surface area (Å²) in [6, 6.07) is -0.179. The Bertz CT molecular complexity index is 952. The van der Waals surface area contributed by atoms with Gasteiger partial charge in [0.05, 0.1) is 4.91 Å². The van der Waals surface area contributed by atoms with Gasteiger partial charge >= 0.3 is 0 Å². The third kappa shape index (κ3) is 3.10. The number of hydrogen-bond donors (Lipinski definition) is 1. The highest BCUT2D eigenvalue weighted by molar-refractivity contribution is 7.98. The fourth-order valence-corrected chi connectivity index (χ4v) is 5.07. The number of allylic oxidation sites excluding steroid dienone is 2. The first-order valence-electron chi connectivity index (χ1n) is 6.35. The quantitative estimate of drug-likeness (QED) is 0.490. The number of hydrogen-bond acceptors (Lipinski definition) is 4. The number of benzene rings is 1. The van der Waals surface area contributed by atoms with Crippen molar-refractivity contribution in [3.05, 3.63) is 51.3 Å². The second-order valence-corrected chi connectivity index (χ2v) is 8.33. The van der Waals surface area contributed by atoms with E-state index in [0.29, 0.717) is 0 Å². The molecule has 1 aliphatic carbocycles. The molecule has 5 nitrogen and oxygen atoms in total. The van der Waals surface area contributed by atoms with Crippen LogP contribution in [-0.4, -0.2) is 21.4 Å². The van der Waals surface area contributed by atoms with Gasteiger partial charge in [-0.25, -0.2) is 26.0 Å². The summed E-state index contributed by atoms with van der Waals surface area (Å²) in [5.74, 6) is -8.88. The normalized spacial score (nSPS) is 19.0. The van der Waals surface area contributed by atoms with Gasteiger partial charge < -0.3 is 0 Å². The summed E-state index contributed by atoms with van der Waals surface area (Å²) in [5, 5.41) is 0. The molecule has 1 atom stereocenters. The van der Waals surface area contributed by atoms with Crippen LogP contribution < -0.4 is 0 Å². The van der Waals surface area contributed by atoms with Crippen molar-refractivity contribution in [1.29, 1.82) is 0 Å². The van der Waals surface area contributed by atoms with Gasteiger partial charge in [-0.1, -0.05) is 19.1 Å². The van der Waals surface area contributed by atoms with Crippen molar-refractivity contribution in [3.8, 4) is 0 Å². The molecule has 132 valence electrons. The second-order valence-electron chi connectivity index (χ2n) is 5.09. The molecule has 1 aromatic carbocycles. The molecule has 1 unspecified atom stereocenters. The van der Waals surface area contributed by atoms with Crippen LogP contribution in [0, 0.1) is 29.2 Å². The van der Waals surface area contributed by atoms with E-state index in [1.54, 1.807) is 0 Å². The van der Waals surface area contributed by atoms with E-state index in [0.717, 1.165) is 12.2 Å². The molecule has 0 fully saturated rings. The standard InChI is InChI=1S/C13H10F4O5S2/c1-6-2-3-9(24(20,21)22)10(4-6)23(18,19)13-11(16)7(14)5-8(15)12(13)17/h3-6H,2H2,1H3,(H,20,21,22). The van der Waals surface area contributed by atoms with E-state index in [1.165, 1.54) is 6.92 Å². The van der Waals surface area contributed by atoms with Crippen molar-refractivity contribution in [2.75, 3.05) is 0 Å². The fourth-order valence-electron chi connectivity index (χ4n) is 2.15. The van der Waals surface area contributed by atoms with Gasteiger partial charge in [0.15, 0.2) is 23.3 Å². The molecule has 1 aliphatic rings. The van der Waals surface area contributed by atoms with Crippen molar-refractivity contribution in [1.82, 2.24) is 0 Å². The molecule has 0 aromatic heterocycles. The topological polar surface area (TPSA) is 88.5 Å². The molecule has 1 N–H and O–H groups in total. The van der Waals surface area contributed by atoms with Crippen molar-refractivity contribution in [2.45, 2.75) is 18.2 Å². The summed E-state index contributed by atoms with van der Waals surface area (Å²) in [6.07, 6.45) is 1.70. The minimum absolute atomic E-state index is 0.0244. The first kappa shape index (κ1) is 18.6. The minimum Gasteiger partial charge on any atom is -0.282 e. The maximum atomic E-state index is 13.8.